The molecule has 0 radical (unpaired) electrons. The molecule has 0 saturated carbocycles. The molecule has 0 atom stereocenters. The molecule has 0 aliphatic carbocycles. The fourth-order valence-corrected chi connectivity index (χ4v) is 0.464. The lowest BCUT2D eigenvalue weighted by Crippen LogP contribution is -2.24. The van der Waals surface area contributed by atoms with E-state index in [9.17, 15) is 9.90 Å². The van der Waals surface area contributed by atoms with E-state index in [2.05, 4.69) is 6.58 Å². The summed E-state index contributed by atoms with van der Waals surface area (Å²) in [4.78, 5) is 10.0. The largest absolute Gasteiger partial charge is 0.545 e. The van der Waals surface area contributed by atoms with Crippen LogP contribution in [0.1, 0.15) is 6.42 Å². The van der Waals surface area contributed by atoms with Crippen LogP contribution in [0.15, 0.2) is 12.2 Å². The van der Waals surface area contributed by atoms with E-state index in [1.54, 1.807) is 0 Å². The molecule has 11 heavy (non-hydrogen) atoms. The lowest BCUT2D eigenvalue weighted by atomic mass is 10.2. The first-order valence-electron chi connectivity index (χ1n) is 3.26. The molecule has 64 valence electrons. The van der Waals surface area contributed by atoms with Crippen LogP contribution in [0.4, 0.5) is 0 Å². The minimum absolute atomic E-state index is 0.0166. The molecule has 0 aromatic rings. The van der Waals surface area contributed by atoms with Gasteiger partial charge in [-0.25, -0.2) is 0 Å². The number of carboxylic acids is 1. The highest BCUT2D eigenvalue weighted by atomic mass is 16.5. The summed E-state index contributed by atoms with van der Waals surface area (Å²) in [6.07, 6.45) is 0.238. The number of carbonyl (C=O) groups excluding carboxylic acids is 1. The van der Waals surface area contributed by atoms with Crippen molar-refractivity contribution in [3.8, 4) is 0 Å². The second kappa shape index (κ2) is 5.88. The number of hydrogen-bond acceptors (Lipinski definition) is 4. The van der Waals surface area contributed by atoms with Crippen LogP contribution in [-0.2, 0) is 9.53 Å². The molecule has 0 aromatic heterocycles. The van der Waals surface area contributed by atoms with Crippen LogP contribution < -0.4 is 5.11 Å². The van der Waals surface area contributed by atoms with Crippen molar-refractivity contribution in [2.24, 2.45) is 0 Å². The summed E-state index contributed by atoms with van der Waals surface area (Å²) in [7, 11) is 0. The predicted octanol–water partition coefficient (Wildman–Crippen LogP) is -1.31. The number of aliphatic hydroxyl groups excluding tert-OH is 1. The first-order valence-corrected chi connectivity index (χ1v) is 3.26. The molecule has 0 unspecified atom stereocenters. The van der Waals surface area contributed by atoms with Crippen LogP contribution in [0.2, 0.25) is 0 Å². The molecule has 0 rings (SSSR count). The second-order valence-electron chi connectivity index (χ2n) is 1.98. The van der Waals surface area contributed by atoms with Gasteiger partial charge >= 0.3 is 0 Å². The summed E-state index contributed by atoms with van der Waals surface area (Å²) in [5.41, 5.74) is 0.0166. The highest BCUT2D eigenvalue weighted by molar-refractivity contribution is 5.83. The molecule has 0 amide bonds. The monoisotopic (exact) mass is 159 g/mol. The molecule has 0 aromatic carbocycles. The van der Waals surface area contributed by atoms with Crippen molar-refractivity contribution >= 4 is 5.97 Å². The molecule has 4 heteroatoms. The third kappa shape index (κ3) is 5.57. The molecule has 0 saturated heterocycles. The van der Waals surface area contributed by atoms with Crippen LogP contribution in [-0.4, -0.2) is 30.9 Å². The van der Waals surface area contributed by atoms with Gasteiger partial charge in [-0.05, 0) is 12.0 Å². The highest BCUT2D eigenvalue weighted by Gasteiger charge is 1.94. The zero-order valence-corrected chi connectivity index (χ0v) is 6.21. The Bertz CT molecular complexity index is 141. The Morgan fingerprint density at radius 3 is 2.64 bits per heavy atom. The third-order valence-corrected chi connectivity index (χ3v) is 1.07. The number of carboxylic acid groups (broad SMARTS) is 1. The summed E-state index contributed by atoms with van der Waals surface area (Å²) < 4.78 is 4.80. The molecule has 0 spiro atoms. The molecule has 0 fully saturated rings. The Balaban J connectivity index is 3.25. The van der Waals surface area contributed by atoms with Crippen LogP contribution in [0.25, 0.3) is 0 Å². The first kappa shape index (κ1) is 10.1. The lowest BCUT2D eigenvalue weighted by Gasteiger charge is -2.05. The molecule has 0 bridgehead atoms. The number of hydrogen-bond donors (Lipinski definition) is 1. The quantitative estimate of drug-likeness (QED) is 0.386. The minimum atomic E-state index is -1.25. The Kier molecular flexibility index (Phi) is 5.42. The maximum absolute atomic E-state index is 10.0. The van der Waals surface area contributed by atoms with Crippen LogP contribution in [0, 0.1) is 0 Å². The van der Waals surface area contributed by atoms with Gasteiger partial charge in [0.2, 0.25) is 0 Å². The SMILES string of the molecule is C=C(CCOCCO)C(=O)[O-]. The van der Waals surface area contributed by atoms with Gasteiger partial charge in [-0.2, -0.15) is 0 Å². The third-order valence-electron chi connectivity index (χ3n) is 1.07. The number of carbonyl (C=O) groups is 1. The fourth-order valence-electron chi connectivity index (χ4n) is 0.464. The van der Waals surface area contributed by atoms with E-state index in [0.29, 0.717) is 0 Å². The van der Waals surface area contributed by atoms with Gasteiger partial charge in [0.15, 0.2) is 0 Å². The molecule has 0 aliphatic heterocycles. The smallest absolute Gasteiger partial charge is 0.0697 e. The molecule has 1 N–H and O–H groups in total. The molecular formula is C7H11O4-. The van der Waals surface area contributed by atoms with Gasteiger partial charge in [-0.1, -0.05) is 6.58 Å². The first-order chi connectivity index (χ1) is 5.18. The van der Waals surface area contributed by atoms with E-state index in [-0.39, 0.29) is 31.8 Å². The van der Waals surface area contributed by atoms with Gasteiger partial charge in [0, 0.05) is 0 Å². The Hall–Kier alpha value is -0.870. The summed E-state index contributed by atoms with van der Waals surface area (Å²) in [6, 6.07) is 0. The topological polar surface area (TPSA) is 69.6 Å². The van der Waals surface area contributed by atoms with Crippen LogP contribution >= 0.6 is 0 Å². The van der Waals surface area contributed by atoms with Crippen LogP contribution in [0.3, 0.4) is 0 Å². The lowest BCUT2D eigenvalue weighted by molar-refractivity contribution is -0.299. The van der Waals surface area contributed by atoms with Crippen LogP contribution in [0.5, 0.6) is 0 Å². The summed E-state index contributed by atoms with van der Waals surface area (Å²) >= 11 is 0. The Morgan fingerprint density at radius 2 is 2.18 bits per heavy atom. The average Bonchev–Trinajstić information content (AvgIpc) is 1.97. The van der Waals surface area contributed by atoms with E-state index in [1.807, 2.05) is 0 Å². The van der Waals surface area contributed by atoms with Crippen molar-refractivity contribution in [2.75, 3.05) is 19.8 Å². The predicted molar refractivity (Wildman–Crippen MR) is 36.7 cm³/mol. The summed E-state index contributed by atoms with van der Waals surface area (Å²) in [6.45, 7) is 3.67. The molecule has 4 nitrogen and oxygen atoms in total. The minimum Gasteiger partial charge on any atom is -0.545 e. The van der Waals surface area contributed by atoms with Crippen molar-refractivity contribution in [1.82, 2.24) is 0 Å². The van der Waals surface area contributed by atoms with Gasteiger partial charge in [-0.3, -0.25) is 0 Å². The summed E-state index contributed by atoms with van der Waals surface area (Å²) in [5.74, 6) is -1.25. The van der Waals surface area contributed by atoms with E-state index in [4.69, 9.17) is 9.84 Å². The van der Waals surface area contributed by atoms with Gasteiger partial charge in [0.25, 0.3) is 0 Å². The number of aliphatic carboxylic acids is 1. The zero-order chi connectivity index (χ0) is 8.69. The summed E-state index contributed by atoms with van der Waals surface area (Å²) in [5, 5.41) is 18.3. The normalized spacial score (nSPS) is 9.55. The number of ether oxygens (including phenoxy) is 1. The highest BCUT2D eigenvalue weighted by Crippen LogP contribution is 1.95. The van der Waals surface area contributed by atoms with Gasteiger partial charge < -0.3 is 19.7 Å². The van der Waals surface area contributed by atoms with E-state index >= 15 is 0 Å². The average molecular weight is 159 g/mol. The van der Waals surface area contributed by atoms with E-state index in [1.165, 1.54) is 0 Å². The van der Waals surface area contributed by atoms with Crippen molar-refractivity contribution in [2.45, 2.75) is 6.42 Å². The zero-order valence-electron chi connectivity index (χ0n) is 6.21. The fraction of sp³-hybridized carbons (Fsp3) is 0.571. The second-order valence-corrected chi connectivity index (χ2v) is 1.98. The molecule has 0 heterocycles. The van der Waals surface area contributed by atoms with E-state index in [0.717, 1.165) is 0 Å². The standard InChI is InChI=1S/C7H12O4/c1-6(7(9)10)2-4-11-5-3-8/h8H,1-5H2,(H,9,10)/p-1. The number of rotatable bonds is 6. The molecular weight excluding hydrogens is 148 g/mol. The number of aliphatic hydroxyl groups is 1. The van der Waals surface area contributed by atoms with Gasteiger partial charge in [0.05, 0.1) is 25.8 Å². The van der Waals surface area contributed by atoms with Crippen molar-refractivity contribution in [1.29, 1.82) is 0 Å². The maximum Gasteiger partial charge on any atom is 0.0697 e. The van der Waals surface area contributed by atoms with Crippen molar-refractivity contribution in [3.63, 3.8) is 0 Å². The molecule has 0 aliphatic rings. The van der Waals surface area contributed by atoms with Crippen molar-refractivity contribution < 1.29 is 19.7 Å². The van der Waals surface area contributed by atoms with Gasteiger partial charge in [0.1, 0.15) is 0 Å². The van der Waals surface area contributed by atoms with E-state index < -0.39 is 5.97 Å². The maximum atomic E-state index is 10.0. The van der Waals surface area contributed by atoms with Gasteiger partial charge in [-0.15, -0.1) is 0 Å². The van der Waals surface area contributed by atoms with Crippen molar-refractivity contribution in [3.05, 3.63) is 12.2 Å². The Morgan fingerprint density at radius 1 is 1.55 bits per heavy atom. The Labute approximate surface area is 65.1 Å².